The normalized spacial score (nSPS) is 12.1. The highest BCUT2D eigenvalue weighted by atomic mass is 32.2. The van der Waals surface area contributed by atoms with Crippen molar-refractivity contribution in [2.24, 2.45) is 0 Å². The lowest BCUT2D eigenvalue weighted by Gasteiger charge is -2.05. The van der Waals surface area contributed by atoms with E-state index in [4.69, 9.17) is 4.74 Å². The van der Waals surface area contributed by atoms with Crippen molar-refractivity contribution in [3.63, 3.8) is 0 Å². The van der Waals surface area contributed by atoms with Crippen molar-refractivity contribution in [2.45, 2.75) is 11.8 Å². The first kappa shape index (κ1) is 15.2. The molecule has 0 aliphatic carbocycles. The first-order valence-electron chi connectivity index (χ1n) is 5.52. The van der Waals surface area contributed by atoms with E-state index in [1.807, 2.05) is 0 Å². The van der Waals surface area contributed by atoms with Crippen molar-refractivity contribution < 1.29 is 22.7 Å². The Labute approximate surface area is 112 Å². The molecule has 0 heterocycles. The predicted molar refractivity (Wildman–Crippen MR) is 70.8 cm³/mol. The van der Waals surface area contributed by atoms with Crippen LogP contribution in [0.5, 0.6) is 5.75 Å². The van der Waals surface area contributed by atoms with Gasteiger partial charge < -0.3 is 9.47 Å². The second-order valence-electron chi connectivity index (χ2n) is 3.93. The fraction of sp³-hybridized carbons (Fsp3) is 0.308. The molecular formula is C13H16O5S. The van der Waals surface area contributed by atoms with Crippen molar-refractivity contribution in [2.75, 3.05) is 20.0 Å². The molecule has 104 valence electrons. The number of carbonyl (C=O) groups excluding carboxylic acids is 1. The highest BCUT2D eigenvalue weighted by Crippen LogP contribution is 2.15. The van der Waals surface area contributed by atoms with Crippen LogP contribution in [0.4, 0.5) is 0 Å². The van der Waals surface area contributed by atoms with Gasteiger partial charge in [0.2, 0.25) is 0 Å². The topological polar surface area (TPSA) is 69.7 Å². The number of methoxy groups -OCH3 is 1. The summed E-state index contributed by atoms with van der Waals surface area (Å²) < 4.78 is 32.4. The molecule has 0 fully saturated rings. The van der Waals surface area contributed by atoms with Crippen molar-refractivity contribution in [1.29, 1.82) is 0 Å². The van der Waals surface area contributed by atoms with Gasteiger partial charge in [-0.3, -0.25) is 0 Å². The minimum atomic E-state index is -3.20. The molecule has 0 spiro atoms. The van der Waals surface area contributed by atoms with E-state index in [9.17, 15) is 13.2 Å². The van der Waals surface area contributed by atoms with Crippen LogP contribution in [0.3, 0.4) is 0 Å². The molecule has 0 atom stereocenters. The van der Waals surface area contributed by atoms with Gasteiger partial charge in [0.25, 0.3) is 0 Å². The Morgan fingerprint density at radius 2 is 1.84 bits per heavy atom. The van der Waals surface area contributed by atoms with Crippen molar-refractivity contribution in [3.8, 4) is 5.75 Å². The van der Waals surface area contributed by atoms with Gasteiger partial charge in [-0.25, -0.2) is 13.2 Å². The predicted octanol–water partition coefficient (Wildman–Crippen LogP) is 1.59. The smallest absolute Gasteiger partial charge is 0.333 e. The Balaban J connectivity index is 2.63. The van der Waals surface area contributed by atoms with Gasteiger partial charge in [0.05, 0.1) is 12.0 Å². The zero-order valence-corrected chi connectivity index (χ0v) is 11.9. The van der Waals surface area contributed by atoms with Crippen LogP contribution in [0.15, 0.2) is 40.8 Å². The number of hydrogen-bond donors (Lipinski definition) is 0. The minimum absolute atomic E-state index is 0.207. The summed E-state index contributed by atoms with van der Waals surface area (Å²) in [5.74, 6) is 0.123. The largest absolute Gasteiger partial charge is 0.490 e. The Bertz CT molecular complexity index is 570. The van der Waals surface area contributed by atoms with Gasteiger partial charge in [-0.05, 0) is 37.3 Å². The summed E-state index contributed by atoms with van der Waals surface area (Å²) in [5, 5.41) is 0. The Kier molecular flexibility index (Phi) is 5.11. The Morgan fingerprint density at radius 3 is 2.32 bits per heavy atom. The van der Waals surface area contributed by atoms with E-state index in [0.717, 1.165) is 6.26 Å². The summed E-state index contributed by atoms with van der Waals surface area (Å²) in [4.78, 5) is 11.3. The molecule has 1 aromatic carbocycles. The molecule has 0 saturated heterocycles. The second kappa shape index (κ2) is 6.38. The fourth-order valence-electron chi connectivity index (χ4n) is 1.29. The van der Waals surface area contributed by atoms with Gasteiger partial charge in [-0.15, -0.1) is 0 Å². The summed E-state index contributed by atoms with van der Waals surface area (Å²) in [7, 11) is -1.89. The first-order chi connectivity index (χ1) is 8.84. The molecule has 0 radical (unpaired) electrons. The average molecular weight is 284 g/mol. The van der Waals surface area contributed by atoms with Gasteiger partial charge in [0, 0.05) is 11.8 Å². The minimum Gasteiger partial charge on any atom is -0.490 e. The Hall–Kier alpha value is -1.82. The van der Waals surface area contributed by atoms with Crippen LogP contribution in [0.25, 0.3) is 0 Å². The molecule has 1 rings (SSSR count). The number of benzene rings is 1. The lowest BCUT2D eigenvalue weighted by molar-refractivity contribution is -0.136. The number of ether oxygens (including phenoxy) is 2. The van der Waals surface area contributed by atoms with Crippen LogP contribution < -0.4 is 4.74 Å². The summed E-state index contributed by atoms with van der Waals surface area (Å²) in [5.41, 5.74) is 0.454. The molecule has 0 saturated carbocycles. The van der Waals surface area contributed by atoms with Crippen LogP contribution in [-0.2, 0) is 19.4 Å². The van der Waals surface area contributed by atoms with Crippen molar-refractivity contribution in [3.05, 3.63) is 35.9 Å². The van der Waals surface area contributed by atoms with Gasteiger partial charge >= 0.3 is 5.97 Å². The zero-order chi connectivity index (χ0) is 14.5. The van der Waals surface area contributed by atoms with Crippen LogP contribution >= 0.6 is 0 Å². The standard InChI is InChI=1S/C13H16O5S/c1-10(13(14)17-2)8-9-18-11-4-6-12(7-5-11)19(3,15)16/h4-8H,9H2,1-3H3. The molecular weight excluding hydrogens is 268 g/mol. The number of hydrogen-bond acceptors (Lipinski definition) is 5. The van der Waals surface area contributed by atoms with Crippen LogP contribution in [0.2, 0.25) is 0 Å². The van der Waals surface area contributed by atoms with Crippen LogP contribution in [0.1, 0.15) is 6.92 Å². The molecule has 0 bridgehead atoms. The van der Waals surface area contributed by atoms with E-state index in [2.05, 4.69) is 4.74 Å². The molecule has 6 heteroatoms. The quantitative estimate of drug-likeness (QED) is 0.606. The van der Waals surface area contributed by atoms with Crippen molar-refractivity contribution >= 4 is 15.8 Å². The zero-order valence-electron chi connectivity index (χ0n) is 11.0. The van der Waals surface area contributed by atoms with Gasteiger partial charge in [-0.2, -0.15) is 0 Å². The molecule has 0 aliphatic rings. The molecule has 0 N–H and O–H groups in total. The summed E-state index contributed by atoms with van der Waals surface area (Å²) >= 11 is 0. The van der Waals surface area contributed by atoms with Gasteiger partial charge in [-0.1, -0.05) is 0 Å². The van der Waals surface area contributed by atoms with Crippen molar-refractivity contribution in [1.82, 2.24) is 0 Å². The molecule has 1 aromatic rings. The lowest BCUT2D eigenvalue weighted by Crippen LogP contribution is -2.04. The first-order valence-corrected chi connectivity index (χ1v) is 7.41. The SMILES string of the molecule is COC(=O)C(C)=CCOc1ccc(S(C)(=O)=O)cc1. The summed E-state index contributed by atoms with van der Waals surface area (Å²) in [6.45, 7) is 1.83. The monoisotopic (exact) mass is 284 g/mol. The molecule has 0 unspecified atom stereocenters. The molecule has 0 amide bonds. The second-order valence-corrected chi connectivity index (χ2v) is 5.95. The van der Waals surface area contributed by atoms with Gasteiger partial charge in [0.15, 0.2) is 9.84 Å². The summed E-state index contributed by atoms with van der Waals surface area (Å²) in [6, 6.07) is 6.08. The number of carbonyl (C=O) groups is 1. The van der Waals surface area contributed by atoms with E-state index in [1.165, 1.54) is 19.2 Å². The summed E-state index contributed by atoms with van der Waals surface area (Å²) in [6.07, 6.45) is 2.74. The number of esters is 1. The van der Waals surface area contributed by atoms with Crippen LogP contribution in [-0.4, -0.2) is 34.4 Å². The van der Waals surface area contributed by atoms with Crippen LogP contribution in [0, 0.1) is 0 Å². The van der Waals surface area contributed by atoms with Gasteiger partial charge in [0.1, 0.15) is 12.4 Å². The highest BCUT2D eigenvalue weighted by Gasteiger charge is 2.06. The Morgan fingerprint density at radius 1 is 1.26 bits per heavy atom. The maximum Gasteiger partial charge on any atom is 0.333 e. The molecule has 0 aromatic heterocycles. The average Bonchev–Trinajstić information content (AvgIpc) is 2.37. The van der Waals surface area contributed by atoms with E-state index >= 15 is 0 Å². The van der Waals surface area contributed by atoms with E-state index in [0.29, 0.717) is 11.3 Å². The maximum atomic E-state index is 11.3. The maximum absolute atomic E-state index is 11.3. The lowest BCUT2D eigenvalue weighted by atomic mass is 10.3. The third-order valence-corrected chi connectivity index (χ3v) is 3.53. The highest BCUT2D eigenvalue weighted by molar-refractivity contribution is 7.90. The molecule has 0 aliphatic heterocycles. The molecule has 19 heavy (non-hydrogen) atoms. The van der Waals surface area contributed by atoms with E-state index in [-0.39, 0.29) is 11.5 Å². The molecule has 5 nitrogen and oxygen atoms in total. The van der Waals surface area contributed by atoms with E-state index in [1.54, 1.807) is 25.1 Å². The third-order valence-electron chi connectivity index (χ3n) is 2.40. The van der Waals surface area contributed by atoms with E-state index < -0.39 is 15.8 Å². The number of rotatable bonds is 5. The third kappa shape index (κ3) is 4.75. The fourth-order valence-corrected chi connectivity index (χ4v) is 1.92. The number of sulfone groups is 1.